The molecule has 4 nitrogen and oxygen atoms in total. The molecule has 4 aliphatic rings. The van der Waals surface area contributed by atoms with E-state index < -0.39 is 0 Å². The zero-order valence-electron chi connectivity index (χ0n) is 13.9. The van der Waals surface area contributed by atoms with Crippen LogP contribution in [0.25, 0.3) is 0 Å². The molecule has 23 heavy (non-hydrogen) atoms. The molecule has 4 heteroatoms. The van der Waals surface area contributed by atoms with Gasteiger partial charge in [-0.1, -0.05) is 13.8 Å². The van der Waals surface area contributed by atoms with E-state index >= 15 is 0 Å². The van der Waals surface area contributed by atoms with Gasteiger partial charge >= 0.3 is 5.97 Å². The highest BCUT2D eigenvalue weighted by Crippen LogP contribution is 2.62. The molecule has 0 aromatic heterocycles. The highest BCUT2D eigenvalue weighted by molar-refractivity contribution is 6.05. The van der Waals surface area contributed by atoms with E-state index in [4.69, 9.17) is 4.74 Å². The van der Waals surface area contributed by atoms with Gasteiger partial charge in [-0.3, -0.25) is 14.4 Å². The summed E-state index contributed by atoms with van der Waals surface area (Å²) in [6.45, 7) is 4.87. The molecule has 3 fully saturated rings. The quantitative estimate of drug-likeness (QED) is 0.645. The number of carbonyl (C=O) groups is 3. The van der Waals surface area contributed by atoms with Crippen molar-refractivity contribution >= 4 is 17.5 Å². The van der Waals surface area contributed by atoms with Crippen molar-refractivity contribution < 1.29 is 19.1 Å². The largest absolute Gasteiger partial charge is 0.465 e. The average Bonchev–Trinajstić information content (AvgIpc) is 2.50. The fourth-order valence-electron chi connectivity index (χ4n) is 5.84. The molecule has 1 heterocycles. The topological polar surface area (TPSA) is 60.4 Å². The minimum absolute atomic E-state index is 0.0113. The van der Waals surface area contributed by atoms with E-state index in [0.717, 1.165) is 24.8 Å². The molecule has 0 unspecified atom stereocenters. The van der Waals surface area contributed by atoms with Gasteiger partial charge in [-0.25, -0.2) is 0 Å². The predicted molar refractivity (Wildman–Crippen MR) is 83.4 cm³/mol. The van der Waals surface area contributed by atoms with E-state index in [-0.39, 0.29) is 40.2 Å². The van der Waals surface area contributed by atoms with Crippen molar-refractivity contribution in [3.8, 4) is 0 Å². The number of hydrogen-bond acceptors (Lipinski definition) is 4. The summed E-state index contributed by atoms with van der Waals surface area (Å²) >= 11 is 0. The predicted octanol–water partition coefficient (Wildman–Crippen LogP) is 2.85. The minimum atomic E-state index is -0.184. The van der Waals surface area contributed by atoms with Gasteiger partial charge in [0.05, 0.1) is 6.61 Å². The van der Waals surface area contributed by atoms with Crippen molar-refractivity contribution in [3.05, 3.63) is 11.6 Å². The first-order valence-electron chi connectivity index (χ1n) is 8.77. The number of fused-ring (bicyclic) bond motifs is 5. The fraction of sp³-hybridized carbons (Fsp3) is 0.737. The van der Waals surface area contributed by atoms with Crippen LogP contribution in [0, 0.1) is 28.6 Å². The molecule has 0 amide bonds. The number of Topliss-reactive ketones (excluding diaryl/α,β-unsaturated/α-hetero) is 1. The first-order chi connectivity index (χ1) is 10.8. The first kappa shape index (κ1) is 15.1. The van der Waals surface area contributed by atoms with Crippen molar-refractivity contribution in [1.82, 2.24) is 0 Å². The Bertz CT molecular complexity index is 633. The van der Waals surface area contributed by atoms with Crippen LogP contribution < -0.4 is 0 Å². The first-order valence-corrected chi connectivity index (χ1v) is 8.77. The van der Waals surface area contributed by atoms with Gasteiger partial charge in [0.25, 0.3) is 0 Å². The van der Waals surface area contributed by atoms with Crippen molar-refractivity contribution in [2.24, 2.45) is 28.6 Å². The van der Waals surface area contributed by atoms with E-state index in [0.29, 0.717) is 31.8 Å². The lowest BCUT2D eigenvalue weighted by atomic mass is 9.46. The maximum absolute atomic E-state index is 12.8. The van der Waals surface area contributed by atoms with Gasteiger partial charge in [0.15, 0.2) is 11.6 Å². The zero-order valence-corrected chi connectivity index (χ0v) is 13.9. The van der Waals surface area contributed by atoms with Crippen molar-refractivity contribution in [2.75, 3.05) is 6.61 Å². The molecule has 124 valence electrons. The molecule has 0 N–H and O–H groups in total. The van der Waals surface area contributed by atoms with Crippen LogP contribution in [-0.4, -0.2) is 24.1 Å². The number of rotatable bonds is 0. The van der Waals surface area contributed by atoms with E-state index in [2.05, 4.69) is 13.8 Å². The second-order valence-corrected chi connectivity index (χ2v) is 8.50. The summed E-state index contributed by atoms with van der Waals surface area (Å²) < 4.78 is 5.32. The Balaban J connectivity index is 1.74. The minimum Gasteiger partial charge on any atom is -0.465 e. The highest BCUT2D eigenvalue weighted by atomic mass is 16.5. The van der Waals surface area contributed by atoms with Crippen molar-refractivity contribution in [3.63, 3.8) is 0 Å². The second kappa shape index (κ2) is 4.78. The van der Waals surface area contributed by atoms with Gasteiger partial charge in [-0.15, -0.1) is 0 Å². The smallest absolute Gasteiger partial charge is 0.306 e. The molecule has 0 spiro atoms. The lowest BCUT2D eigenvalue weighted by Gasteiger charge is -2.58. The lowest BCUT2D eigenvalue weighted by Crippen LogP contribution is -2.56. The van der Waals surface area contributed by atoms with Crippen LogP contribution in [-0.2, 0) is 19.1 Å². The SMILES string of the molecule is C[C@]12CC[C@H]3[C@@H](CC(=O)C4=CC(=O)CC[C@@]43C)[C@@H]1CC(=O)OC2. The Labute approximate surface area is 136 Å². The standard InChI is InChI=1S/C19H24O4/c1-18-5-4-13-12(14(18)9-17(22)23-10-18)8-16(21)15-7-11(20)3-6-19(13,15)2/h7,12-14H,3-6,8-10H2,1-2H3/t12-,13+,14+,18-,19-/m1/s1. The maximum atomic E-state index is 12.8. The highest BCUT2D eigenvalue weighted by Gasteiger charge is 2.58. The normalized spacial score (nSPS) is 46.3. The second-order valence-electron chi connectivity index (χ2n) is 8.50. The molecule has 5 atom stereocenters. The number of allylic oxidation sites excluding steroid dienone is 2. The number of cyclic esters (lactones) is 1. The molecule has 2 saturated carbocycles. The van der Waals surface area contributed by atoms with Gasteiger partial charge in [0, 0.05) is 30.3 Å². The Kier molecular flexibility index (Phi) is 3.14. The summed E-state index contributed by atoms with van der Waals surface area (Å²) in [4.78, 5) is 36.4. The maximum Gasteiger partial charge on any atom is 0.306 e. The number of esters is 1. The van der Waals surface area contributed by atoms with Gasteiger partial charge in [0.1, 0.15) is 0 Å². The zero-order chi connectivity index (χ0) is 16.4. The lowest BCUT2D eigenvalue weighted by molar-refractivity contribution is -0.174. The fourth-order valence-corrected chi connectivity index (χ4v) is 5.84. The van der Waals surface area contributed by atoms with Crippen LogP contribution >= 0.6 is 0 Å². The number of ketones is 2. The molecule has 1 saturated heterocycles. The summed E-state index contributed by atoms with van der Waals surface area (Å²) in [7, 11) is 0. The number of hydrogen-bond donors (Lipinski definition) is 0. The molecule has 3 aliphatic carbocycles. The van der Waals surface area contributed by atoms with Crippen molar-refractivity contribution in [2.45, 2.75) is 52.4 Å². The third-order valence-corrected chi connectivity index (χ3v) is 7.26. The van der Waals surface area contributed by atoms with Crippen LogP contribution in [0.2, 0.25) is 0 Å². The van der Waals surface area contributed by atoms with E-state index in [9.17, 15) is 14.4 Å². The van der Waals surface area contributed by atoms with Gasteiger partial charge < -0.3 is 4.74 Å². The molecule has 1 aliphatic heterocycles. The third kappa shape index (κ3) is 2.06. The van der Waals surface area contributed by atoms with E-state index in [1.54, 1.807) is 6.08 Å². The summed E-state index contributed by atoms with van der Waals surface area (Å²) in [5.41, 5.74) is 0.588. The molecule has 0 bridgehead atoms. The Morgan fingerprint density at radius 2 is 1.87 bits per heavy atom. The van der Waals surface area contributed by atoms with Gasteiger partial charge in [-0.05, 0) is 48.5 Å². The van der Waals surface area contributed by atoms with Crippen molar-refractivity contribution in [1.29, 1.82) is 0 Å². The molecule has 0 radical (unpaired) electrons. The summed E-state index contributed by atoms with van der Waals surface area (Å²) in [6, 6.07) is 0. The molecular formula is C19H24O4. The summed E-state index contributed by atoms with van der Waals surface area (Å²) in [6.07, 6.45) is 5.97. The van der Waals surface area contributed by atoms with Gasteiger partial charge in [0.2, 0.25) is 0 Å². The Morgan fingerprint density at radius 3 is 2.65 bits per heavy atom. The van der Waals surface area contributed by atoms with Gasteiger partial charge in [-0.2, -0.15) is 0 Å². The molecular weight excluding hydrogens is 292 g/mol. The van der Waals surface area contributed by atoms with E-state index in [1.807, 2.05) is 0 Å². The Hall–Kier alpha value is -1.45. The molecule has 4 rings (SSSR count). The monoisotopic (exact) mass is 316 g/mol. The average molecular weight is 316 g/mol. The van der Waals surface area contributed by atoms with Crippen LogP contribution in [0.1, 0.15) is 52.4 Å². The number of ether oxygens (including phenoxy) is 1. The third-order valence-electron chi connectivity index (χ3n) is 7.26. The number of carbonyl (C=O) groups excluding carboxylic acids is 3. The van der Waals surface area contributed by atoms with E-state index in [1.165, 1.54) is 0 Å². The van der Waals surface area contributed by atoms with Crippen LogP contribution in [0.5, 0.6) is 0 Å². The summed E-state index contributed by atoms with van der Waals surface area (Å²) in [5.74, 6) is 0.998. The summed E-state index contributed by atoms with van der Waals surface area (Å²) in [5, 5.41) is 0. The van der Waals surface area contributed by atoms with Crippen LogP contribution in [0.3, 0.4) is 0 Å². The Morgan fingerprint density at radius 1 is 1.09 bits per heavy atom. The van der Waals surface area contributed by atoms with Crippen LogP contribution in [0.4, 0.5) is 0 Å². The molecule has 0 aromatic rings. The van der Waals surface area contributed by atoms with Crippen LogP contribution in [0.15, 0.2) is 11.6 Å². The molecule has 0 aromatic carbocycles.